The van der Waals surface area contributed by atoms with Crippen molar-refractivity contribution in [1.29, 1.82) is 0 Å². The van der Waals surface area contributed by atoms with Crippen LogP contribution in [0.4, 0.5) is 5.69 Å². The summed E-state index contributed by atoms with van der Waals surface area (Å²) in [5, 5.41) is 5.74. The standard InChI is InChI=1S/C27H30ClN3O4S/c1-15-13-24(16(2)12-23(15)28)36(34,35)31-22-9-7-8-20(14-22)21-10-17(3)25(18(4)11-21)27(33)30-19(5)26(32)29-6/h7-14,19,31H,1-6H3,(H,29,32)(H,30,33)/t19-/m0/s1. The fraction of sp³-hybridized carbons (Fsp3) is 0.259. The molecule has 0 unspecified atom stereocenters. The van der Waals surface area contributed by atoms with E-state index in [9.17, 15) is 18.0 Å². The second kappa shape index (κ2) is 10.7. The molecule has 0 saturated heterocycles. The number of amides is 2. The molecule has 0 spiro atoms. The fourth-order valence-corrected chi connectivity index (χ4v) is 5.64. The van der Waals surface area contributed by atoms with Crippen LogP contribution in [-0.2, 0) is 14.8 Å². The van der Waals surface area contributed by atoms with E-state index in [2.05, 4.69) is 15.4 Å². The number of nitrogens with one attached hydrogen (secondary N) is 3. The summed E-state index contributed by atoms with van der Waals surface area (Å²) in [4.78, 5) is 24.8. The molecule has 0 aliphatic rings. The zero-order valence-corrected chi connectivity index (χ0v) is 22.7. The van der Waals surface area contributed by atoms with Crippen molar-refractivity contribution >= 4 is 39.1 Å². The van der Waals surface area contributed by atoms with Crippen molar-refractivity contribution in [2.45, 2.75) is 45.6 Å². The van der Waals surface area contributed by atoms with Crippen molar-refractivity contribution < 1.29 is 18.0 Å². The van der Waals surface area contributed by atoms with E-state index in [1.165, 1.54) is 7.05 Å². The summed E-state index contributed by atoms with van der Waals surface area (Å²) >= 11 is 6.13. The average Bonchev–Trinajstić information content (AvgIpc) is 2.80. The van der Waals surface area contributed by atoms with Gasteiger partial charge in [-0.05, 0) is 92.3 Å². The van der Waals surface area contributed by atoms with Crippen LogP contribution in [-0.4, -0.2) is 33.3 Å². The lowest BCUT2D eigenvalue weighted by atomic mass is 9.95. The predicted octanol–water partition coefficient (Wildman–Crippen LogP) is 4.91. The maximum absolute atomic E-state index is 13.1. The van der Waals surface area contributed by atoms with E-state index in [4.69, 9.17) is 11.6 Å². The predicted molar refractivity (Wildman–Crippen MR) is 144 cm³/mol. The number of carbonyl (C=O) groups excluding carboxylic acids is 2. The Kier molecular flexibility index (Phi) is 8.11. The highest BCUT2D eigenvalue weighted by Gasteiger charge is 2.21. The van der Waals surface area contributed by atoms with Gasteiger partial charge >= 0.3 is 0 Å². The molecule has 0 heterocycles. The summed E-state index contributed by atoms with van der Waals surface area (Å²) in [6, 6.07) is 13.3. The lowest BCUT2D eigenvalue weighted by Gasteiger charge is -2.17. The molecule has 2 amide bonds. The van der Waals surface area contributed by atoms with Gasteiger partial charge in [0, 0.05) is 23.3 Å². The van der Waals surface area contributed by atoms with Crippen molar-refractivity contribution in [3.05, 3.63) is 81.4 Å². The monoisotopic (exact) mass is 527 g/mol. The topological polar surface area (TPSA) is 104 Å². The average molecular weight is 528 g/mol. The van der Waals surface area contributed by atoms with Gasteiger partial charge in [-0.1, -0.05) is 35.9 Å². The van der Waals surface area contributed by atoms with Crippen LogP contribution in [0.5, 0.6) is 0 Å². The van der Waals surface area contributed by atoms with Crippen LogP contribution in [0.1, 0.15) is 39.5 Å². The molecular weight excluding hydrogens is 498 g/mol. The minimum Gasteiger partial charge on any atom is -0.357 e. The number of aryl methyl sites for hydroxylation is 4. The normalized spacial score (nSPS) is 12.1. The van der Waals surface area contributed by atoms with Gasteiger partial charge in [0.2, 0.25) is 5.91 Å². The van der Waals surface area contributed by atoms with Gasteiger partial charge in [-0.25, -0.2) is 8.42 Å². The molecule has 190 valence electrons. The molecule has 0 aliphatic heterocycles. The third-order valence-electron chi connectivity index (χ3n) is 5.94. The van der Waals surface area contributed by atoms with Gasteiger partial charge in [-0.3, -0.25) is 14.3 Å². The van der Waals surface area contributed by atoms with Crippen molar-refractivity contribution in [3.63, 3.8) is 0 Å². The molecule has 7 nitrogen and oxygen atoms in total. The Morgan fingerprint density at radius 3 is 2.11 bits per heavy atom. The maximum Gasteiger partial charge on any atom is 0.262 e. The summed E-state index contributed by atoms with van der Waals surface area (Å²) in [5.41, 5.74) is 5.25. The Morgan fingerprint density at radius 1 is 0.861 bits per heavy atom. The fourth-order valence-electron chi connectivity index (χ4n) is 4.06. The third-order valence-corrected chi connectivity index (χ3v) is 7.87. The zero-order chi connectivity index (χ0) is 26.8. The molecule has 0 bridgehead atoms. The molecule has 36 heavy (non-hydrogen) atoms. The van der Waals surface area contributed by atoms with Crippen molar-refractivity contribution in [2.75, 3.05) is 11.8 Å². The summed E-state index contributed by atoms with van der Waals surface area (Å²) in [5.74, 6) is -0.610. The first-order valence-corrected chi connectivity index (χ1v) is 13.2. The Hall–Kier alpha value is -3.36. The summed E-state index contributed by atoms with van der Waals surface area (Å²) in [7, 11) is -2.32. The van der Waals surface area contributed by atoms with Crippen LogP contribution in [0, 0.1) is 27.7 Å². The lowest BCUT2D eigenvalue weighted by molar-refractivity contribution is -0.122. The highest BCUT2D eigenvalue weighted by atomic mass is 35.5. The minimum absolute atomic E-state index is 0.169. The molecule has 3 aromatic rings. The smallest absolute Gasteiger partial charge is 0.262 e. The van der Waals surface area contributed by atoms with Crippen molar-refractivity contribution in [3.8, 4) is 11.1 Å². The largest absolute Gasteiger partial charge is 0.357 e. The van der Waals surface area contributed by atoms with Crippen LogP contribution < -0.4 is 15.4 Å². The van der Waals surface area contributed by atoms with E-state index >= 15 is 0 Å². The van der Waals surface area contributed by atoms with Gasteiger partial charge in [0.25, 0.3) is 15.9 Å². The quantitative estimate of drug-likeness (QED) is 0.406. The number of benzene rings is 3. The minimum atomic E-state index is -3.83. The van der Waals surface area contributed by atoms with Crippen LogP contribution in [0.15, 0.2) is 53.4 Å². The molecule has 1 atom stereocenters. The van der Waals surface area contributed by atoms with Gasteiger partial charge in [0.05, 0.1) is 4.90 Å². The number of likely N-dealkylation sites (N-methyl/N-ethyl adjacent to an activating group) is 1. The molecule has 0 saturated carbocycles. The van der Waals surface area contributed by atoms with Crippen molar-refractivity contribution in [2.24, 2.45) is 0 Å². The molecular formula is C27H30ClN3O4S. The molecule has 0 aromatic heterocycles. The van der Waals surface area contributed by atoms with Gasteiger partial charge < -0.3 is 10.6 Å². The first-order valence-electron chi connectivity index (χ1n) is 11.4. The van der Waals surface area contributed by atoms with Gasteiger partial charge in [0.15, 0.2) is 0 Å². The summed E-state index contributed by atoms with van der Waals surface area (Å²) < 4.78 is 28.8. The van der Waals surface area contributed by atoms with E-state index < -0.39 is 16.1 Å². The number of hydrogen-bond donors (Lipinski definition) is 3. The highest BCUT2D eigenvalue weighted by Crippen LogP contribution is 2.30. The van der Waals surface area contributed by atoms with Gasteiger partial charge in [-0.2, -0.15) is 0 Å². The Labute approximate surface area is 217 Å². The van der Waals surface area contributed by atoms with Crippen LogP contribution in [0.3, 0.4) is 0 Å². The van der Waals surface area contributed by atoms with E-state index in [-0.39, 0.29) is 16.7 Å². The van der Waals surface area contributed by atoms with E-state index in [1.54, 1.807) is 51.1 Å². The van der Waals surface area contributed by atoms with Gasteiger partial charge in [-0.15, -0.1) is 0 Å². The Morgan fingerprint density at radius 2 is 1.50 bits per heavy atom. The van der Waals surface area contributed by atoms with Crippen LogP contribution in [0.2, 0.25) is 5.02 Å². The number of hydrogen-bond acceptors (Lipinski definition) is 4. The number of rotatable bonds is 7. The molecule has 0 aliphatic carbocycles. The Bertz CT molecular complexity index is 1430. The zero-order valence-electron chi connectivity index (χ0n) is 21.1. The van der Waals surface area contributed by atoms with Gasteiger partial charge in [0.1, 0.15) is 6.04 Å². The van der Waals surface area contributed by atoms with E-state index in [0.717, 1.165) is 22.3 Å². The SMILES string of the molecule is CNC(=O)[C@H](C)NC(=O)c1c(C)cc(-c2cccc(NS(=O)(=O)c3cc(C)c(Cl)cc3C)c2)cc1C. The molecule has 9 heteroatoms. The first kappa shape index (κ1) is 27.2. The highest BCUT2D eigenvalue weighted by molar-refractivity contribution is 7.92. The number of carbonyl (C=O) groups is 2. The summed E-state index contributed by atoms with van der Waals surface area (Å²) in [6.45, 7) is 8.74. The maximum atomic E-state index is 13.1. The molecule has 0 radical (unpaired) electrons. The number of halogens is 1. The third kappa shape index (κ3) is 5.88. The molecule has 3 N–H and O–H groups in total. The Balaban J connectivity index is 1.90. The lowest BCUT2D eigenvalue weighted by Crippen LogP contribution is -2.43. The molecule has 3 rings (SSSR count). The number of sulfonamides is 1. The van der Waals surface area contributed by atoms with Crippen molar-refractivity contribution in [1.82, 2.24) is 10.6 Å². The molecule has 0 fully saturated rings. The first-order chi connectivity index (χ1) is 16.8. The van der Waals surface area contributed by atoms with Crippen LogP contribution >= 0.6 is 11.6 Å². The second-order valence-electron chi connectivity index (χ2n) is 8.85. The molecule has 3 aromatic carbocycles. The van der Waals surface area contributed by atoms with Crippen LogP contribution in [0.25, 0.3) is 11.1 Å². The second-order valence-corrected chi connectivity index (χ2v) is 10.9. The summed E-state index contributed by atoms with van der Waals surface area (Å²) in [6.07, 6.45) is 0. The van der Waals surface area contributed by atoms with E-state index in [0.29, 0.717) is 27.4 Å². The van der Waals surface area contributed by atoms with E-state index in [1.807, 2.05) is 32.0 Å². The number of anilines is 1.